The van der Waals surface area contributed by atoms with Gasteiger partial charge in [0.25, 0.3) is 0 Å². The normalized spacial score (nSPS) is 10.5. The van der Waals surface area contributed by atoms with Gasteiger partial charge in [-0.25, -0.2) is 13.5 Å². The Balaban J connectivity index is 2.49. The van der Waals surface area contributed by atoms with Crippen LogP contribution in [0.5, 0.6) is 11.6 Å². The highest BCUT2D eigenvalue weighted by molar-refractivity contribution is 5.98. The molecule has 1 aromatic heterocycles. The molecule has 2 rings (SSSR count). The third-order valence-electron chi connectivity index (χ3n) is 2.54. The van der Waals surface area contributed by atoms with Crippen LogP contribution in [-0.4, -0.2) is 15.6 Å². The van der Waals surface area contributed by atoms with Gasteiger partial charge in [-0.1, -0.05) is 0 Å². The quantitative estimate of drug-likeness (QED) is 0.659. The monoisotopic (exact) mass is 266 g/mol. The molecule has 0 radical (unpaired) electrons. The first-order valence-corrected chi connectivity index (χ1v) is 5.41. The lowest BCUT2D eigenvalue weighted by Gasteiger charge is -2.08. The minimum atomic E-state index is -0.713. The maximum Gasteiger partial charge on any atom is 0.229 e. The van der Waals surface area contributed by atoms with Gasteiger partial charge in [-0.15, -0.1) is 0 Å². The molecule has 5 nitrogen and oxygen atoms in total. The Bertz CT molecular complexity index is 651. The zero-order chi connectivity index (χ0) is 14.2. The molecule has 0 aliphatic carbocycles. The topological polar surface area (TPSA) is 76.9 Å². The molecule has 0 aliphatic heterocycles. The van der Waals surface area contributed by atoms with Crippen LogP contribution in [0.4, 0.5) is 8.78 Å². The van der Waals surface area contributed by atoms with E-state index in [1.54, 1.807) is 14.0 Å². The number of aryl methyl sites for hydroxylation is 2. The molecule has 2 aromatic rings. The largest absolute Gasteiger partial charge is 0.435 e. The molecule has 19 heavy (non-hydrogen) atoms. The summed E-state index contributed by atoms with van der Waals surface area (Å²) in [4.78, 5) is 0. The maximum absolute atomic E-state index is 13.5. The number of halogens is 2. The number of hydrogen-bond donors (Lipinski definition) is 2. The van der Waals surface area contributed by atoms with Crippen LogP contribution in [-0.2, 0) is 7.05 Å². The fraction of sp³-hybridized carbons (Fsp3) is 0.167. The number of ether oxygens (including phenoxy) is 1. The zero-order valence-corrected chi connectivity index (χ0v) is 10.4. The molecule has 0 unspecified atom stereocenters. The van der Waals surface area contributed by atoms with Gasteiger partial charge in [-0.05, 0) is 19.1 Å². The van der Waals surface area contributed by atoms with Crippen LogP contribution in [0.25, 0.3) is 0 Å². The van der Waals surface area contributed by atoms with Crippen LogP contribution < -0.4 is 10.5 Å². The van der Waals surface area contributed by atoms with E-state index in [9.17, 15) is 8.78 Å². The predicted molar refractivity (Wildman–Crippen MR) is 65.4 cm³/mol. The molecule has 0 fully saturated rings. The number of amidine groups is 1. The second-order valence-electron chi connectivity index (χ2n) is 3.98. The summed E-state index contributed by atoms with van der Waals surface area (Å²) in [7, 11) is 1.56. The number of hydrogen-bond acceptors (Lipinski definition) is 3. The van der Waals surface area contributed by atoms with Gasteiger partial charge in [0.2, 0.25) is 5.88 Å². The average molecular weight is 266 g/mol. The van der Waals surface area contributed by atoms with E-state index in [-0.39, 0.29) is 23.0 Å². The van der Waals surface area contributed by atoms with E-state index in [1.807, 2.05) is 0 Å². The first-order chi connectivity index (χ1) is 8.90. The number of nitrogen functional groups attached to an aromatic ring is 1. The van der Waals surface area contributed by atoms with Crippen molar-refractivity contribution in [2.45, 2.75) is 6.92 Å². The van der Waals surface area contributed by atoms with Crippen LogP contribution in [0.2, 0.25) is 0 Å². The molecule has 3 N–H and O–H groups in total. The number of nitrogens with one attached hydrogen (secondary N) is 1. The Morgan fingerprint density at radius 2 is 2.11 bits per heavy atom. The fourth-order valence-corrected chi connectivity index (χ4v) is 1.72. The Hall–Kier alpha value is -2.44. The number of rotatable bonds is 3. The average Bonchev–Trinajstić information content (AvgIpc) is 2.59. The van der Waals surface area contributed by atoms with Crippen LogP contribution in [0.3, 0.4) is 0 Å². The first-order valence-electron chi connectivity index (χ1n) is 5.41. The van der Waals surface area contributed by atoms with Crippen molar-refractivity contribution in [2.24, 2.45) is 12.8 Å². The maximum atomic E-state index is 13.5. The second-order valence-corrected chi connectivity index (χ2v) is 3.98. The minimum Gasteiger partial charge on any atom is -0.435 e. The summed E-state index contributed by atoms with van der Waals surface area (Å²) in [6, 6.07) is 2.87. The van der Waals surface area contributed by atoms with Crippen molar-refractivity contribution in [1.82, 2.24) is 9.78 Å². The smallest absolute Gasteiger partial charge is 0.229 e. The van der Waals surface area contributed by atoms with E-state index in [1.165, 1.54) is 4.68 Å². The van der Waals surface area contributed by atoms with E-state index < -0.39 is 11.6 Å². The highest BCUT2D eigenvalue weighted by Crippen LogP contribution is 2.29. The summed E-state index contributed by atoms with van der Waals surface area (Å²) in [6.45, 7) is 1.64. The van der Waals surface area contributed by atoms with Gasteiger partial charge in [0.1, 0.15) is 17.2 Å². The van der Waals surface area contributed by atoms with Gasteiger partial charge in [0.05, 0.1) is 5.69 Å². The van der Waals surface area contributed by atoms with E-state index in [0.717, 1.165) is 18.2 Å². The standard InChI is InChI=1S/C12H12F2N4O/c1-6-10(11(15)16)12(18(2)17-6)19-9-5-7(13)3-4-8(9)14/h3-5H,1-2H3,(H3,15,16). The molecule has 0 amide bonds. The van der Waals surface area contributed by atoms with Crippen LogP contribution in [0.15, 0.2) is 18.2 Å². The van der Waals surface area contributed by atoms with Crippen LogP contribution in [0.1, 0.15) is 11.3 Å². The lowest BCUT2D eigenvalue weighted by Crippen LogP contribution is -2.13. The molecule has 0 bridgehead atoms. The van der Waals surface area contributed by atoms with Gasteiger partial charge in [-0.3, -0.25) is 5.41 Å². The molecular formula is C12H12F2N4O. The van der Waals surface area contributed by atoms with Crippen molar-refractivity contribution in [3.63, 3.8) is 0 Å². The Kier molecular flexibility index (Phi) is 3.20. The Morgan fingerprint density at radius 1 is 1.42 bits per heavy atom. The van der Waals surface area contributed by atoms with Gasteiger partial charge < -0.3 is 10.5 Å². The van der Waals surface area contributed by atoms with Crippen molar-refractivity contribution in [1.29, 1.82) is 5.41 Å². The number of aromatic nitrogens is 2. The zero-order valence-electron chi connectivity index (χ0n) is 10.4. The van der Waals surface area contributed by atoms with Gasteiger partial charge in [0, 0.05) is 13.1 Å². The highest BCUT2D eigenvalue weighted by atomic mass is 19.1. The van der Waals surface area contributed by atoms with Gasteiger partial charge in [0.15, 0.2) is 11.6 Å². The molecule has 0 atom stereocenters. The Morgan fingerprint density at radius 3 is 2.74 bits per heavy atom. The van der Waals surface area contributed by atoms with Crippen molar-refractivity contribution in [2.75, 3.05) is 0 Å². The van der Waals surface area contributed by atoms with E-state index in [0.29, 0.717) is 5.69 Å². The van der Waals surface area contributed by atoms with Crippen molar-refractivity contribution in [3.05, 3.63) is 41.1 Å². The van der Waals surface area contributed by atoms with Gasteiger partial charge in [-0.2, -0.15) is 5.10 Å². The molecule has 0 saturated heterocycles. The summed E-state index contributed by atoms with van der Waals surface area (Å²) in [5.41, 5.74) is 6.16. The molecule has 1 aromatic carbocycles. The number of benzene rings is 1. The lowest BCUT2D eigenvalue weighted by atomic mass is 10.2. The van der Waals surface area contributed by atoms with Crippen molar-refractivity contribution < 1.29 is 13.5 Å². The highest BCUT2D eigenvalue weighted by Gasteiger charge is 2.19. The van der Waals surface area contributed by atoms with Crippen LogP contribution in [0, 0.1) is 24.0 Å². The first kappa shape index (κ1) is 13.0. The summed E-state index contributed by atoms with van der Waals surface area (Å²) in [5.74, 6) is -1.79. The summed E-state index contributed by atoms with van der Waals surface area (Å²) in [6.07, 6.45) is 0. The van der Waals surface area contributed by atoms with Crippen molar-refractivity contribution in [3.8, 4) is 11.6 Å². The van der Waals surface area contributed by atoms with Crippen molar-refractivity contribution >= 4 is 5.84 Å². The summed E-state index contributed by atoms with van der Waals surface area (Å²) >= 11 is 0. The van der Waals surface area contributed by atoms with E-state index in [2.05, 4.69) is 5.10 Å². The molecule has 0 saturated carbocycles. The van der Waals surface area contributed by atoms with E-state index in [4.69, 9.17) is 15.9 Å². The van der Waals surface area contributed by atoms with E-state index >= 15 is 0 Å². The molecule has 0 aliphatic rings. The molecule has 1 heterocycles. The van der Waals surface area contributed by atoms with Crippen LogP contribution >= 0.6 is 0 Å². The SMILES string of the molecule is Cc1nn(C)c(Oc2cc(F)ccc2F)c1C(=N)N. The molecule has 100 valence electrons. The molecule has 0 spiro atoms. The molecule has 7 heteroatoms. The fourth-order valence-electron chi connectivity index (χ4n) is 1.72. The second kappa shape index (κ2) is 4.68. The number of nitrogens with zero attached hydrogens (tertiary/aromatic N) is 2. The summed E-state index contributed by atoms with van der Waals surface area (Å²) in [5, 5.41) is 11.5. The third kappa shape index (κ3) is 2.40. The number of nitrogens with two attached hydrogens (primary N) is 1. The minimum absolute atomic E-state index is 0.0921. The van der Waals surface area contributed by atoms with Gasteiger partial charge >= 0.3 is 0 Å². The summed E-state index contributed by atoms with van der Waals surface area (Å²) < 4.78 is 33.2. The molecular weight excluding hydrogens is 254 g/mol. The Labute approximate surface area is 108 Å². The third-order valence-corrected chi connectivity index (χ3v) is 2.54. The lowest BCUT2D eigenvalue weighted by molar-refractivity contribution is 0.399. The predicted octanol–water partition coefficient (Wildman–Crippen LogP) is 2.08.